The number of rotatable bonds is 14. The highest BCUT2D eigenvalue weighted by Crippen LogP contribution is 2.67. The summed E-state index contributed by atoms with van der Waals surface area (Å²) in [6.07, 6.45) is 20.2. The zero-order valence-corrected chi connectivity index (χ0v) is 30.2. The molecule has 0 radical (unpaired) electrons. The van der Waals surface area contributed by atoms with Crippen LogP contribution in [0.25, 0.3) is 0 Å². The smallest absolute Gasteiger partial charge is 0.296 e. The molecule has 1 aromatic rings. The number of benzene rings is 1. The first kappa shape index (κ1) is 35.1. The molecule has 0 aromatic heterocycles. The third-order valence-corrected chi connectivity index (χ3v) is 14.9. The van der Waals surface area contributed by atoms with Crippen LogP contribution in [0.15, 0.2) is 40.8 Å². The van der Waals surface area contributed by atoms with Crippen LogP contribution < -0.4 is 0 Å². The van der Waals surface area contributed by atoms with Crippen molar-refractivity contribution in [1.29, 1.82) is 0 Å². The standard InChI is InChI=1S/C40H64O4S/c1-28(2)11-10-12-30(4)35-20-21-36-34-19-16-32-27-31(22-24-39(32,5)37(34)23-25-40(35,36)6)38(41)13-8-7-9-26-44-45(42,43)33-17-14-29(3)15-18-33/h14-18,28,30-31,34-38,41H,7-13,19-27H2,1-6H3/t30-,31+,34?,35-,36?,37?,38?,39+,40-/m1/s1. The second kappa shape index (κ2) is 14.5. The van der Waals surface area contributed by atoms with E-state index in [1.54, 1.807) is 29.8 Å². The van der Waals surface area contributed by atoms with Gasteiger partial charge >= 0.3 is 0 Å². The molecule has 0 saturated heterocycles. The number of hydrogen-bond donors (Lipinski definition) is 1. The quantitative estimate of drug-likeness (QED) is 0.125. The third-order valence-electron chi connectivity index (χ3n) is 13.6. The Morgan fingerprint density at radius 3 is 2.38 bits per heavy atom. The molecule has 3 saturated carbocycles. The average molecular weight is 641 g/mol. The molecule has 1 aromatic carbocycles. The highest BCUT2D eigenvalue weighted by molar-refractivity contribution is 7.86. The first-order chi connectivity index (χ1) is 21.3. The van der Waals surface area contributed by atoms with Gasteiger partial charge < -0.3 is 5.11 Å². The molecule has 0 spiro atoms. The molecule has 4 aliphatic carbocycles. The largest absolute Gasteiger partial charge is 0.393 e. The summed E-state index contributed by atoms with van der Waals surface area (Å²) >= 11 is 0. The number of aryl methyl sites for hydroxylation is 1. The lowest BCUT2D eigenvalue weighted by Crippen LogP contribution is -2.51. The van der Waals surface area contributed by atoms with Crippen molar-refractivity contribution < 1.29 is 17.7 Å². The Bertz CT molecular complexity index is 1250. The van der Waals surface area contributed by atoms with Gasteiger partial charge in [0.25, 0.3) is 10.1 Å². The minimum absolute atomic E-state index is 0.196. The molecule has 0 aliphatic heterocycles. The molecule has 5 heteroatoms. The summed E-state index contributed by atoms with van der Waals surface area (Å²) in [6.45, 7) is 14.7. The Hall–Kier alpha value is -1.17. The van der Waals surface area contributed by atoms with E-state index in [4.69, 9.17) is 4.18 Å². The second-order valence-corrected chi connectivity index (χ2v) is 18.4. The first-order valence-electron chi connectivity index (χ1n) is 18.7. The predicted molar refractivity (Wildman–Crippen MR) is 185 cm³/mol. The maximum atomic E-state index is 12.4. The van der Waals surface area contributed by atoms with Crippen molar-refractivity contribution in [3.8, 4) is 0 Å². The van der Waals surface area contributed by atoms with E-state index < -0.39 is 10.1 Å². The number of fused-ring (bicyclic) bond motifs is 5. The van der Waals surface area contributed by atoms with Crippen molar-refractivity contribution in [1.82, 2.24) is 0 Å². The van der Waals surface area contributed by atoms with E-state index in [1.165, 1.54) is 57.8 Å². The normalized spacial score (nSPS) is 34.5. The van der Waals surface area contributed by atoms with E-state index in [0.717, 1.165) is 73.2 Å². The minimum atomic E-state index is -3.70. The molecular weight excluding hydrogens is 577 g/mol. The van der Waals surface area contributed by atoms with E-state index in [2.05, 4.69) is 40.7 Å². The number of unbranched alkanes of at least 4 members (excludes halogenated alkanes) is 2. The van der Waals surface area contributed by atoms with Crippen LogP contribution >= 0.6 is 0 Å². The van der Waals surface area contributed by atoms with Gasteiger partial charge in [0.1, 0.15) is 0 Å². The summed E-state index contributed by atoms with van der Waals surface area (Å²) < 4.78 is 30.1. The fourth-order valence-electron chi connectivity index (χ4n) is 10.9. The van der Waals surface area contributed by atoms with E-state index in [-0.39, 0.29) is 17.6 Å². The molecule has 1 N–H and O–H groups in total. The predicted octanol–water partition coefficient (Wildman–Crippen LogP) is 10.3. The van der Waals surface area contributed by atoms with Crippen molar-refractivity contribution in [2.75, 3.05) is 6.61 Å². The van der Waals surface area contributed by atoms with Crippen LogP contribution in [-0.4, -0.2) is 26.2 Å². The van der Waals surface area contributed by atoms with Crippen LogP contribution in [0.1, 0.15) is 136 Å². The Labute approximate surface area is 276 Å². The summed E-state index contributed by atoms with van der Waals surface area (Å²) in [6, 6.07) is 6.79. The Morgan fingerprint density at radius 1 is 0.889 bits per heavy atom. The molecule has 5 rings (SSSR count). The Balaban J connectivity index is 1.09. The van der Waals surface area contributed by atoms with Crippen LogP contribution in [0, 0.1) is 59.2 Å². The first-order valence-corrected chi connectivity index (χ1v) is 20.1. The number of hydrogen-bond acceptors (Lipinski definition) is 4. The van der Waals surface area contributed by atoms with E-state index in [9.17, 15) is 13.5 Å². The molecule has 4 nitrogen and oxygen atoms in total. The second-order valence-electron chi connectivity index (χ2n) is 16.8. The van der Waals surface area contributed by atoms with Gasteiger partial charge in [0.2, 0.25) is 0 Å². The monoisotopic (exact) mass is 640 g/mol. The molecule has 0 bridgehead atoms. The average Bonchev–Trinajstić information content (AvgIpc) is 3.35. The van der Waals surface area contributed by atoms with E-state index in [1.807, 2.05) is 6.92 Å². The zero-order chi connectivity index (χ0) is 32.4. The van der Waals surface area contributed by atoms with Crippen molar-refractivity contribution in [2.45, 2.75) is 149 Å². The number of aliphatic hydroxyl groups is 1. The van der Waals surface area contributed by atoms with Crippen LogP contribution in [0.2, 0.25) is 0 Å². The lowest BCUT2D eigenvalue weighted by atomic mass is 9.46. The summed E-state index contributed by atoms with van der Waals surface area (Å²) in [5.41, 5.74) is 3.54. The van der Waals surface area contributed by atoms with Gasteiger partial charge in [-0.2, -0.15) is 8.42 Å². The van der Waals surface area contributed by atoms with Gasteiger partial charge in [-0.05, 0) is 136 Å². The summed E-state index contributed by atoms with van der Waals surface area (Å²) in [5, 5.41) is 11.2. The van der Waals surface area contributed by atoms with Crippen LogP contribution in [0.3, 0.4) is 0 Å². The Morgan fingerprint density at radius 2 is 1.64 bits per heavy atom. The zero-order valence-electron chi connectivity index (χ0n) is 29.4. The molecule has 4 unspecified atom stereocenters. The molecular formula is C40H64O4S. The fourth-order valence-corrected chi connectivity index (χ4v) is 11.8. The SMILES string of the molecule is Cc1ccc(S(=O)(=O)OCCCCCC(O)[C@H]2CC[C@@]3(C)C(=CCC4C3CC[C@@]3(C)C4CC[C@@H]3[C@H](C)CCCC(C)C)C2)cc1. The van der Waals surface area contributed by atoms with Gasteiger partial charge in [0.05, 0.1) is 17.6 Å². The maximum Gasteiger partial charge on any atom is 0.296 e. The van der Waals surface area contributed by atoms with Gasteiger partial charge in [-0.15, -0.1) is 0 Å². The fraction of sp³-hybridized carbons (Fsp3) is 0.800. The molecule has 9 atom stereocenters. The van der Waals surface area contributed by atoms with E-state index in [0.29, 0.717) is 23.2 Å². The maximum absolute atomic E-state index is 12.4. The number of allylic oxidation sites excluding steroid dienone is 2. The topological polar surface area (TPSA) is 63.6 Å². The van der Waals surface area contributed by atoms with Gasteiger partial charge in [0, 0.05) is 0 Å². The van der Waals surface area contributed by atoms with Crippen LogP contribution in [0.4, 0.5) is 0 Å². The molecule has 0 amide bonds. The number of aliphatic hydroxyl groups excluding tert-OH is 1. The van der Waals surface area contributed by atoms with Gasteiger partial charge in [-0.3, -0.25) is 4.18 Å². The molecule has 4 aliphatic rings. The van der Waals surface area contributed by atoms with Gasteiger partial charge in [-0.25, -0.2) is 0 Å². The molecule has 3 fully saturated rings. The van der Waals surface area contributed by atoms with Crippen LogP contribution in [-0.2, 0) is 14.3 Å². The lowest BCUT2D eigenvalue weighted by Gasteiger charge is -2.59. The summed E-state index contributed by atoms with van der Waals surface area (Å²) in [4.78, 5) is 0.216. The van der Waals surface area contributed by atoms with Crippen molar-refractivity contribution in [2.24, 2.45) is 52.3 Å². The minimum Gasteiger partial charge on any atom is -0.393 e. The Kier molecular flexibility index (Phi) is 11.3. The summed E-state index contributed by atoms with van der Waals surface area (Å²) in [5.74, 6) is 5.50. The van der Waals surface area contributed by atoms with Gasteiger partial charge in [0.15, 0.2) is 0 Å². The molecule has 0 heterocycles. The molecule has 254 valence electrons. The summed E-state index contributed by atoms with van der Waals surface area (Å²) in [7, 11) is -3.70. The van der Waals surface area contributed by atoms with E-state index >= 15 is 0 Å². The lowest BCUT2D eigenvalue weighted by molar-refractivity contribution is -0.0574. The van der Waals surface area contributed by atoms with Gasteiger partial charge in [-0.1, -0.05) is 96.1 Å². The third kappa shape index (κ3) is 7.62. The van der Waals surface area contributed by atoms with Crippen LogP contribution in [0.5, 0.6) is 0 Å². The highest BCUT2D eigenvalue weighted by atomic mass is 32.2. The molecule has 45 heavy (non-hydrogen) atoms. The van der Waals surface area contributed by atoms with Crippen molar-refractivity contribution in [3.63, 3.8) is 0 Å². The van der Waals surface area contributed by atoms with Crippen molar-refractivity contribution >= 4 is 10.1 Å². The highest BCUT2D eigenvalue weighted by Gasteiger charge is 2.59. The van der Waals surface area contributed by atoms with Crippen molar-refractivity contribution in [3.05, 3.63) is 41.5 Å².